The number of rotatable bonds is 8. The molecule has 0 radical (unpaired) electrons. The van der Waals surface area contributed by atoms with Crippen LogP contribution in [0.2, 0.25) is 0 Å². The summed E-state index contributed by atoms with van der Waals surface area (Å²) in [6, 6.07) is 17.9. The molecule has 1 aromatic heterocycles. The molecule has 0 saturated carbocycles. The number of aromatic nitrogens is 1. The lowest BCUT2D eigenvalue weighted by Gasteiger charge is -2.25. The number of hydrogen-bond acceptors (Lipinski definition) is 6. The first-order valence-corrected chi connectivity index (χ1v) is 14.5. The smallest absolute Gasteiger partial charge is 0.234 e. The molecule has 2 N–H and O–H groups in total. The second-order valence-corrected chi connectivity index (χ2v) is 11.9. The van der Waals surface area contributed by atoms with Gasteiger partial charge in [0.05, 0.1) is 32.0 Å². The Labute approximate surface area is 242 Å². The number of ether oxygens (including phenoxy) is 2. The van der Waals surface area contributed by atoms with Gasteiger partial charge in [-0.2, -0.15) is 0 Å². The monoisotopic (exact) mass is 556 g/mol. The zero-order valence-electron chi connectivity index (χ0n) is 24.2. The predicted octanol–water partition coefficient (Wildman–Crippen LogP) is 4.86. The zero-order chi connectivity index (χ0) is 28.8. The largest absolute Gasteiger partial charge is 0.457 e. The van der Waals surface area contributed by atoms with E-state index >= 15 is 0 Å². The van der Waals surface area contributed by atoms with Crippen LogP contribution >= 0.6 is 0 Å². The van der Waals surface area contributed by atoms with Crippen LogP contribution in [-0.4, -0.2) is 54.5 Å². The quantitative estimate of drug-likeness (QED) is 0.412. The normalized spacial score (nSPS) is 17.4. The third-order valence-corrected chi connectivity index (χ3v) is 7.73. The maximum Gasteiger partial charge on any atom is 0.234 e. The summed E-state index contributed by atoms with van der Waals surface area (Å²) in [7, 11) is 0. The van der Waals surface area contributed by atoms with Gasteiger partial charge in [-0.15, -0.1) is 0 Å². The summed E-state index contributed by atoms with van der Waals surface area (Å²) in [6.45, 7) is 10.1. The van der Waals surface area contributed by atoms with Crippen molar-refractivity contribution in [3.63, 3.8) is 0 Å². The van der Waals surface area contributed by atoms with Gasteiger partial charge < -0.3 is 20.1 Å². The molecule has 41 heavy (non-hydrogen) atoms. The van der Waals surface area contributed by atoms with E-state index in [1.165, 1.54) is 11.1 Å². The van der Waals surface area contributed by atoms with E-state index < -0.39 is 0 Å². The van der Waals surface area contributed by atoms with Gasteiger partial charge in [-0.05, 0) is 71.7 Å². The van der Waals surface area contributed by atoms with Gasteiger partial charge in [-0.25, -0.2) is 0 Å². The number of nitrogens with one attached hydrogen (secondary N) is 2. The number of carbonyl (C=O) groups is 2. The molecule has 5 rings (SSSR count). The molecule has 1 unspecified atom stereocenters. The molecule has 0 bridgehead atoms. The number of hydrogen-bond donors (Lipinski definition) is 2. The van der Waals surface area contributed by atoms with E-state index in [1.54, 1.807) is 12.3 Å². The number of aryl methyl sites for hydroxylation is 1. The van der Waals surface area contributed by atoms with Gasteiger partial charge in [0.25, 0.3) is 0 Å². The highest BCUT2D eigenvalue weighted by Gasteiger charge is 2.26. The molecule has 216 valence electrons. The van der Waals surface area contributed by atoms with Crippen LogP contribution in [0, 0.1) is 5.92 Å². The number of benzene rings is 2. The average Bonchev–Trinajstić information content (AvgIpc) is 2.96. The van der Waals surface area contributed by atoms with Gasteiger partial charge in [0, 0.05) is 37.0 Å². The molecule has 1 fully saturated rings. The highest BCUT2D eigenvalue weighted by molar-refractivity contribution is 5.93. The summed E-state index contributed by atoms with van der Waals surface area (Å²) < 4.78 is 11.5. The van der Waals surface area contributed by atoms with E-state index in [-0.39, 0.29) is 23.1 Å². The molecule has 1 aliphatic carbocycles. The van der Waals surface area contributed by atoms with Crippen molar-refractivity contribution in [3.05, 3.63) is 83.2 Å². The van der Waals surface area contributed by atoms with E-state index in [2.05, 4.69) is 59.5 Å². The lowest BCUT2D eigenvalue weighted by Crippen LogP contribution is -2.43. The minimum Gasteiger partial charge on any atom is -0.457 e. The van der Waals surface area contributed by atoms with E-state index in [9.17, 15) is 9.59 Å². The Morgan fingerprint density at radius 1 is 1.02 bits per heavy atom. The standard InChI is InChI=1S/C33H40N4O4/c1-33(2,3)26-5-4-6-27(19-26)36-32(39)24-8-7-23-9-10-29(18-25(23)17-24)41-30-11-12-34-28(20-30)21-35-31(38)22-37-13-15-40-16-14-37/h4-6,9-12,18-20,24H,7-8,13-17,21-22H2,1-3H3,(H,35,38)(H,36,39). The topological polar surface area (TPSA) is 92.8 Å². The molecule has 8 heteroatoms. The Hall–Kier alpha value is -3.75. The van der Waals surface area contributed by atoms with Crippen molar-refractivity contribution in [1.29, 1.82) is 0 Å². The van der Waals surface area contributed by atoms with E-state index in [0.29, 0.717) is 38.5 Å². The van der Waals surface area contributed by atoms with E-state index in [0.717, 1.165) is 48.6 Å². The lowest BCUT2D eigenvalue weighted by atomic mass is 9.83. The molecule has 2 aromatic carbocycles. The Morgan fingerprint density at radius 2 is 1.83 bits per heavy atom. The number of morpholine rings is 1. The highest BCUT2D eigenvalue weighted by Crippen LogP contribution is 2.32. The van der Waals surface area contributed by atoms with Gasteiger partial charge in [-0.1, -0.05) is 39.0 Å². The van der Waals surface area contributed by atoms with E-state index in [1.807, 2.05) is 30.3 Å². The fourth-order valence-electron chi connectivity index (χ4n) is 5.29. The highest BCUT2D eigenvalue weighted by atomic mass is 16.5. The SMILES string of the molecule is CC(C)(C)c1cccc(NC(=O)C2CCc3ccc(Oc4ccnc(CNC(=O)CN5CCOCC5)c4)cc3C2)c1. The zero-order valence-corrected chi connectivity index (χ0v) is 24.2. The van der Waals surface area contributed by atoms with Gasteiger partial charge in [0.15, 0.2) is 0 Å². The Morgan fingerprint density at radius 3 is 2.63 bits per heavy atom. The van der Waals surface area contributed by atoms with Crippen LogP contribution in [-0.2, 0) is 39.1 Å². The fraction of sp³-hybridized carbons (Fsp3) is 0.424. The molecule has 2 heterocycles. The number of carbonyl (C=O) groups excluding carboxylic acids is 2. The van der Waals surface area contributed by atoms with Crippen molar-refractivity contribution >= 4 is 17.5 Å². The van der Waals surface area contributed by atoms with Crippen molar-refractivity contribution in [2.75, 3.05) is 38.2 Å². The molecule has 3 aromatic rings. The molecule has 0 spiro atoms. The molecule has 2 aliphatic rings. The number of pyridine rings is 1. The summed E-state index contributed by atoms with van der Waals surface area (Å²) in [5.74, 6) is 1.31. The van der Waals surface area contributed by atoms with Crippen molar-refractivity contribution in [3.8, 4) is 11.5 Å². The van der Waals surface area contributed by atoms with Gasteiger partial charge in [0.1, 0.15) is 11.5 Å². The minimum absolute atomic E-state index is 0.0213. The second-order valence-electron chi connectivity index (χ2n) is 11.9. The summed E-state index contributed by atoms with van der Waals surface area (Å²) in [5.41, 5.74) is 5.18. The summed E-state index contributed by atoms with van der Waals surface area (Å²) in [4.78, 5) is 32.0. The molecule has 1 aliphatic heterocycles. The van der Waals surface area contributed by atoms with Gasteiger partial charge in [0.2, 0.25) is 11.8 Å². The average molecular weight is 557 g/mol. The Kier molecular flexibility index (Phi) is 9.00. The second kappa shape index (κ2) is 12.8. The van der Waals surface area contributed by atoms with Crippen molar-refractivity contribution in [2.45, 2.75) is 52.0 Å². The third-order valence-electron chi connectivity index (χ3n) is 7.73. The third kappa shape index (κ3) is 7.93. The van der Waals surface area contributed by atoms with Gasteiger partial charge >= 0.3 is 0 Å². The minimum atomic E-state index is -0.0929. The van der Waals surface area contributed by atoms with Crippen LogP contribution in [0.25, 0.3) is 0 Å². The molecule has 1 saturated heterocycles. The molecule has 2 amide bonds. The number of fused-ring (bicyclic) bond motifs is 1. The van der Waals surface area contributed by atoms with Crippen molar-refractivity contribution < 1.29 is 19.1 Å². The molecule has 8 nitrogen and oxygen atoms in total. The summed E-state index contributed by atoms with van der Waals surface area (Å²) in [6.07, 6.45) is 4.04. The van der Waals surface area contributed by atoms with Crippen LogP contribution < -0.4 is 15.4 Å². The van der Waals surface area contributed by atoms with Crippen LogP contribution in [0.15, 0.2) is 60.8 Å². The number of amides is 2. The van der Waals surface area contributed by atoms with Crippen LogP contribution in [0.5, 0.6) is 11.5 Å². The summed E-state index contributed by atoms with van der Waals surface area (Å²) in [5, 5.41) is 6.09. The van der Waals surface area contributed by atoms with Crippen LogP contribution in [0.4, 0.5) is 5.69 Å². The maximum atomic E-state index is 13.2. The summed E-state index contributed by atoms with van der Waals surface area (Å²) >= 11 is 0. The maximum absolute atomic E-state index is 13.2. The van der Waals surface area contributed by atoms with Crippen molar-refractivity contribution in [1.82, 2.24) is 15.2 Å². The molecular formula is C33H40N4O4. The van der Waals surface area contributed by atoms with Gasteiger partial charge in [-0.3, -0.25) is 19.5 Å². The first-order valence-electron chi connectivity index (χ1n) is 14.5. The van der Waals surface area contributed by atoms with Crippen molar-refractivity contribution in [2.24, 2.45) is 5.92 Å². The van der Waals surface area contributed by atoms with Crippen LogP contribution in [0.1, 0.15) is 49.6 Å². The molecular weight excluding hydrogens is 516 g/mol. The fourth-order valence-corrected chi connectivity index (χ4v) is 5.29. The first-order chi connectivity index (χ1) is 19.7. The Balaban J connectivity index is 1.17. The Bertz CT molecular complexity index is 1380. The molecule has 1 atom stereocenters. The van der Waals surface area contributed by atoms with E-state index in [4.69, 9.17) is 9.47 Å². The lowest BCUT2D eigenvalue weighted by molar-refractivity contribution is -0.123. The number of anilines is 1. The predicted molar refractivity (Wildman–Crippen MR) is 159 cm³/mol. The first kappa shape index (κ1) is 28.8. The number of nitrogens with zero attached hydrogens (tertiary/aromatic N) is 2. The van der Waals surface area contributed by atoms with Crippen LogP contribution in [0.3, 0.4) is 0 Å².